The molecule has 0 spiro atoms. The first-order chi connectivity index (χ1) is 11.8. The normalized spacial score (nSPS) is 21.0. The average Bonchev–Trinajstić information content (AvgIpc) is 2.55. The smallest absolute Gasteiger partial charge is 0.399 e. The minimum absolute atomic E-state index is 0.0520. The van der Waals surface area contributed by atoms with Gasteiger partial charge in [-0.25, -0.2) is 8.78 Å². The fourth-order valence-electron chi connectivity index (χ4n) is 2.94. The average molecular weight is 358 g/mol. The summed E-state index contributed by atoms with van der Waals surface area (Å²) in [7, 11) is 0. The fraction of sp³-hybridized carbons (Fsp3) is 0.474. The first-order valence-electron chi connectivity index (χ1n) is 8.21. The van der Waals surface area contributed by atoms with E-state index in [1.807, 2.05) is 6.08 Å². The van der Waals surface area contributed by atoms with Crippen molar-refractivity contribution in [3.05, 3.63) is 41.5 Å². The predicted molar refractivity (Wildman–Crippen MR) is 84.8 cm³/mol. The van der Waals surface area contributed by atoms with Gasteiger partial charge in [-0.3, -0.25) is 0 Å². The van der Waals surface area contributed by atoms with E-state index < -0.39 is 23.7 Å². The SMILES string of the molecule is CC[C@H]1CC[C@H](/C=C/C#Cc2cc(F)c(OC(F)(F)F)c(F)c2)CC1. The van der Waals surface area contributed by atoms with Gasteiger partial charge < -0.3 is 4.74 Å². The van der Waals surface area contributed by atoms with Crippen LogP contribution in [0.1, 0.15) is 44.6 Å². The van der Waals surface area contributed by atoms with Crippen molar-refractivity contribution in [2.75, 3.05) is 0 Å². The molecule has 0 aromatic heterocycles. The Morgan fingerprint density at radius 1 is 1.12 bits per heavy atom. The Labute approximate surface area is 143 Å². The van der Waals surface area contributed by atoms with Gasteiger partial charge >= 0.3 is 6.36 Å². The second-order valence-electron chi connectivity index (χ2n) is 6.13. The van der Waals surface area contributed by atoms with E-state index in [0.717, 1.165) is 30.9 Å². The first kappa shape index (κ1) is 19.3. The Balaban J connectivity index is 2.00. The summed E-state index contributed by atoms with van der Waals surface area (Å²) in [5.41, 5.74) is -0.0520. The van der Waals surface area contributed by atoms with Crippen molar-refractivity contribution in [3.8, 4) is 17.6 Å². The Hall–Kier alpha value is -2.03. The lowest BCUT2D eigenvalue weighted by Gasteiger charge is -2.25. The standard InChI is InChI=1S/C19H19F5O/c1-2-13-7-9-14(10-8-13)5-3-4-6-15-11-16(20)18(17(21)12-15)25-19(22,23)24/h3,5,11-14H,2,7-10H2,1H3/b5-3+/t13-,14-. The number of halogens is 5. The molecule has 0 unspecified atom stereocenters. The second-order valence-corrected chi connectivity index (χ2v) is 6.13. The number of rotatable bonds is 3. The molecule has 0 saturated heterocycles. The molecule has 1 nitrogen and oxygen atoms in total. The van der Waals surface area contributed by atoms with Crippen LogP contribution in [-0.4, -0.2) is 6.36 Å². The molecule has 6 heteroatoms. The van der Waals surface area contributed by atoms with Crippen LogP contribution >= 0.6 is 0 Å². The lowest BCUT2D eigenvalue weighted by Crippen LogP contribution is -2.19. The van der Waals surface area contributed by atoms with E-state index in [-0.39, 0.29) is 5.56 Å². The van der Waals surface area contributed by atoms with Crippen LogP contribution in [0.3, 0.4) is 0 Å². The van der Waals surface area contributed by atoms with Crippen molar-refractivity contribution >= 4 is 0 Å². The van der Waals surface area contributed by atoms with Gasteiger partial charge in [0.1, 0.15) is 0 Å². The summed E-state index contributed by atoms with van der Waals surface area (Å²) in [6.45, 7) is 2.19. The zero-order valence-corrected chi connectivity index (χ0v) is 13.8. The molecule has 0 N–H and O–H groups in total. The molecule has 0 amide bonds. The topological polar surface area (TPSA) is 9.23 Å². The third-order valence-corrected chi connectivity index (χ3v) is 4.35. The van der Waals surface area contributed by atoms with Crippen molar-refractivity contribution in [3.63, 3.8) is 0 Å². The van der Waals surface area contributed by atoms with E-state index in [4.69, 9.17) is 0 Å². The second kappa shape index (κ2) is 8.37. The maximum absolute atomic E-state index is 13.6. The number of allylic oxidation sites excluding steroid dienone is 2. The highest BCUT2D eigenvalue weighted by Gasteiger charge is 2.34. The van der Waals surface area contributed by atoms with Gasteiger partial charge in [0.25, 0.3) is 0 Å². The van der Waals surface area contributed by atoms with Crippen molar-refractivity contribution in [2.45, 2.75) is 45.4 Å². The monoisotopic (exact) mass is 358 g/mol. The maximum atomic E-state index is 13.6. The number of hydrogen-bond donors (Lipinski definition) is 0. The quantitative estimate of drug-likeness (QED) is 0.476. The van der Waals surface area contributed by atoms with Crippen molar-refractivity contribution in [1.82, 2.24) is 0 Å². The zero-order chi connectivity index (χ0) is 18.4. The summed E-state index contributed by atoms with van der Waals surface area (Å²) in [5, 5.41) is 0. The molecule has 0 radical (unpaired) electrons. The number of ether oxygens (including phenoxy) is 1. The number of hydrogen-bond acceptors (Lipinski definition) is 1. The Bertz CT molecular complexity index is 650. The zero-order valence-electron chi connectivity index (χ0n) is 13.8. The van der Waals surface area contributed by atoms with E-state index >= 15 is 0 Å². The summed E-state index contributed by atoms with van der Waals surface area (Å²) in [6, 6.07) is 1.44. The molecule has 1 saturated carbocycles. The van der Waals surface area contributed by atoms with Gasteiger partial charge in [0.05, 0.1) is 0 Å². The molecule has 136 valence electrons. The predicted octanol–water partition coefficient (Wildman–Crippen LogP) is 5.99. The van der Waals surface area contributed by atoms with Gasteiger partial charge in [-0.1, -0.05) is 31.3 Å². The molecular weight excluding hydrogens is 339 g/mol. The molecule has 2 rings (SSSR count). The molecule has 0 atom stereocenters. The highest BCUT2D eigenvalue weighted by molar-refractivity contribution is 5.42. The van der Waals surface area contributed by atoms with Gasteiger partial charge in [0, 0.05) is 5.56 Å². The van der Waals surface area contributed by atoms with E-state index in [2.05, 4.69) is 23.5 Å². The Morgan fingerprint density at radius 2 is 1.72 bits per heavy atom. The van der Waals surface area contributed by atoms with Crippen LogP contribution < -0.4 is 4.74 Å². The summed E-state index contributed by atoms with van der Waals surface area (Å²) in [6.07, 6.45) is 4.23. The highest BCUT2D eigenvalue weighted by atomic mass is 19.4. The molecule has 0 aliphatic heterocycles. The summed E-state index contributed by atoms with van der Waals surface area (Å²) >= 11 is 0. The first-order valence-corrected chi connectivity index (χ1v) is 8.21. The van der Waals surface area contributed by atoms with Crippen LogP contribution in [0, 0.1) is 35.3 Å². The van der Waals surface area contributed by atoms with Crippen LogP contribution in [0.4, 0.5) is 22.0 Å². The van der Waals surface area contributed by atoms with Crippen molar-refractivity contribution in [2.24, 2.45) is 11.8 Å². The minimum atomic E-state index is -5.16. The molecule has 1 aliphatic carbocycles. The minimum Gasteiger partial charge on any atom is -0.399 e. The molecule has 1 aromatic rings. The van der Waals surface area contributed by atoms with Crippen LogP contribution in [0.15, 0.2) is 24.3 Å². The molecule has 0 bridgehead atoms. The van der Waals surface area contributed by atoms with Gasteiger partial charge in [-0.2, -0.15) is 0 Å². The molecule has 0 heterocycles. The third kappa shape index (κ3) is 6.08. The fourth-order valence-corrected chi connectivity index (χ4v) is 2.94. The summed E-state index contributed by atoms with van der Waals surface area (Å²) < 4.78 is 66.7. The third-order valence-electron chi connectivity index (χ3n) is 4.35. The number of alkyl halides is 3. The largest absolute Gasteiger partial charge is 0.573 e. The van der Waals surface area contributed by atoms with E-state index in [1.165, 1.54) is 19.3 Å². The van der Waals surface area contributed by atoms with Crippen molar-refractivity contribution in [1.29, 1.82) is 0 Å². The highest BCUT2D eigenvalue weighted by Crippen LogP contribution is 2.31. The summed E-state index contributed by atoms with van der Waals surface area (Å²) in [4.78, 5) is 0. The molecular formula is C19H19F5O. The van der Waals surface area contributed by atoms with E-state index in [1.54, 1.807) is 6.08 Å². The Kier molecular flexibility index (Phi) is 6.46. The van der Waals surface area contributed by atoms with Crippen LogP contribution in [0.5, 0.6) is 5.75 Å². The Morgan fingerprint density at radius 3 is 2.24 bits per heavy atom. The van der Waals surface area contributed by atoms with Crippen LogP contribution in [0.25, 0.3) is 0 Å². The molecule has 1 aliphatic rings. The van der Waals surface area contributed by atoms with Crippen LogP contribution in [-0.2, 0) is 0 Å². The lowest BCUT2D eigenvalue weighted by molar-refractivity contribution is -0.276. The number of benzene rings is 1. The maximum Gasteiger partial charge on any atom is 0.573 e. The molecule has 25 heavy (non-hydrogen) atoms. The molecule has 1 aromatic carbocycles. The van der Waals surface area contributed by atoms with E-state index in [9.17, 15) is 22.0 Å². The van der Waals surface area contributed by atoms with E-state index in [0.29, 0.717) is 5.92 Å². The van der Waals surface area contributed by atoms with Crippen molar-refractivity contribution < 1.29 is 26.7 Å². The van der Waals surface area contributed by atoms with Gasteiger partial charge in [-0.15, -0.1) is 13.2 Å². The summed E-state index contributed by atoms with van der Waals surface area (Å²) in [5.74, 6) is 2.08. The van der Waals surface area contributed by atoms with Gasteiger partial charge in [0.15, 0.2) is 11.6 Å². The van der Waals surface area contributed by atoms with Gasteiger partial charge in [-0.05, 0) is 55.7 Å². The molecule has 1 fully saturated rings. The lowest BCUT2D eigenvalue weighted by atomic mass is 9.81. The van der Waals surface area contributed by atoms with Gasteiger partial charge in [0.2, 0.25) is 5.75 Å². The van der Waals surface area contributed by atoms with Crippen LogP contribution in [0.2, 0.25) is 0 Å².